The molecule has 6 heteroatoms. The Kier molecular flexibility index (Phi) is 7.93. The monoisotopic (exact) mass is 424 g/mol. The fraction of sp³-hybridized carbons (Fsp3) is 0.440. The van der Waals surface area contributed by atoms with E-state index in [1.54, 1.807) is 12.0 Å². The molecule has 2 aromatic carbocycles. The maximum atomic E-state index is 12.5. The van der Waals surface area contributed by atoms with Gasteiger partial charge in [-0.1, -0.05) is 38.1 Å². The Morgan fingerprint density at radius 2 is 1.71 bits per heavy atom. The van der Waals surface area contributed by atoms with E-state index in [2.05, 4.69) is 19.2 Å². The summed E-state index contributed by atoms with van der Waals surface area (Å²) in [5.74, 6) is 1.81. The molecular formula is C25H32N2O4. The lowest BCUT2D eigenvalue weighted by molar-refractivity contribution is -0.129. The number of hydrogen-bond acceptors (Lipinski definition) is 4. The molecule has 1 N–H and O–H groups in total. The van der Waals surface area contributed by atoms with Crippen molar-refractivity contribution in [2.24, 2.45) is 11.8 Å². The maximum Gasteiger partial charge on any atom is 0.225 e. The molecule has 31 heavy (non-hydrogen) atoms. The number of amides is 2. The number of nitrogens with one attached hydrogen (secondary N) is 1. The van der Waals surface area contributed by atoms with Crippen LogP contribution < -0.4 is 14.8 Å². The fourth-order valence-corrected chi connectivity index (χ4v) is 3.54. The number of carbonyl (C=O) groups is 2. The van der Waals surface area contributed by atoms with Crippen molar-refractivity contribution in [2.45, 2.75) is 33.2 Å². The standard InChI is InChI=1S/C25H32N2O4/c1-18(2)17-31-23-10-4-19(5-11-23)12-13-26-25(29)21-14-24(28)27(16-21)15-20-6-8-22(30-3)9-7-20/h4-11,18,21H,12-17H2,1-3H3,(H,26,29). The number of carbonyl (C=O) groups excluding carboxylic acids is 2. The summed E-state index contributed by atoms with van der Waals surface area (Å²) in [4.78, 5) is 26.6. The summed E-state index contributed by atoms with van der Waals surface area (Å²) < 4.78 is 10.9. The molecule has 1 saturated heterocycles. The van der Waals surface area contributed by atoms with Crippen molar-refractivity contribution in [3.63, 3.8) is 0 Å². The second kappa shape index (κ2) is 10.8. The van der Waals surface area contributed by atoms with Crippen LogP contribution in [0.2, 0.25) is 0 Å². The van der Waals surface area contributed by atoms with Crippen LogP contribution in [0.25, 0.3) is 0 Å². The van der Waals surface area contributed by atoms with Gasteiger partial charge in [0.15, 0.2) is 0 Å². The van der Waals surface area contributed by atoms with E-state index in [9.17, 15) is 9.59 Å². The molecule has 3 rings (SSSR count). The van der Waals surface area contributed by atoms with Crippen molar-refractivity contribution < 1.29 is 19.1 Å². The molecule has 1 aliphatic heterocycles. The summed E-state index contributed by atoms with van der Waals surface area (Å²) in [5, 5.41) is 2.98. The summed E-state index contributed by atoms with van der Waals surface area (Å²) >= 11 is 0. The molecule has 2 amide bonds. The number of benzene rings is 2. The van der Waals surface area contributed by atoms with Crippen LogP contribution in [0.15, 0.2) is 48.5 Å². The van der Waals surface area contributed by atoms with Gasteiger partial charge >= 0.3 is 0 Å². The number of methoxy groups -OCH3 is 1. The molecule has 2 aromatic rings. The molecule has 0 radical (unpaired) electrons. The van der Waals surface area contributed by atoms with E-state index in [-0.39, 0.29) is 24.2 Å². The molecule has 6 nitrogen and oxygen atoms in total. The highest BCUT2D eigenvalue weighted by Crippen LogP contribution is 2.21. The zero-order valence-electron chi connectivity index (χ0n) is 18.6. The predicted molar refractivity (Wildman–Crippen MR) is 120 cm³/mol. The molecule has 0 aromatic heterocycles. The van der Waals surface area contributed by atoms with Crippen LogP contribution in [-0.4, -0.2) is 43.5 Å². The lowest BCUT2D eigenvalue weighted by Gasteiger charge is -2.17. The molecule has 1 heterocycles. The van der Waals surface area contributed by atoms with Gasteiger partial charge in [0, 0.05) is 26.1 Å². The smallest absolute Gasteiger partial charge is 0.225 e. The number of ether oxygens (including phenoxy) is 2. The third-order valence-electron chi connectivity index (χ3n) is 5.34. The van der Waals surface area contributed by atoms with Gasteiger partial charge in [0.2, 0.25) is 11.8 Å². The first-order valence-corrected chi connectivity index (χ1v) is 10.8. The average molecular weight is 425 g/mol. The Bertz CT molecular complexity index is 862. The van der Waals surface area contributed by atoms with Crippen molar-refractivity contribution in [3.8, 4) is 11.5 Å². The zero-order chi connectivity index (χ0) is 22.2. The highest BCUT2D eigenvalue weighted by Gasteiger charge is 2.34. The number of rotatable bonds is 10. The third kappa shape index (κ3) is 6.74. The molecule has 1 aliphatic rings. The molecule has 1 unspecified atom stereocenters. The first-order chi connectivity index (χ1) is 14.9. The summed E-state index contributed by atoms with van der Waals surface area (Å²) in [7, 11) is 1.62. The van der Waals surface area contributed by atoms with Gasteiger partial charge in [0.1, 0.15) is 11.5 Å². The van der Waals surface area contributed by atoms with Gasteiger partial charge in [-0.2, -0.15) is 0 Å². The van der Waals surface area contributed by atoms with Gasteiger partial charge in [-0.15, -0.1) is 0 Å². The Balaban J connectivity index is 1.41. The van der Waals surface area contributed by atoms with Crippen molar-refractivity contribution in [2.75, 3.05) is 26.8 Å². The molecule has 0 aliphatic carbocycles. The number of likely N-dealkylation sites (tertiary alicyclic amines) is 1. The van der Waals surface area contributed by atoms with E-state index in [1.807, 2.05) is 48.5 Å². The lowest BCUT2D eigenvalue weighted by Crippen LogP contribution is -2.34. The van der Waals surface area contributed by atoms with Crippen molar-refractivity contribution in [1.29, 1.82) is 0 Å². The molecule has 1 fully saturated rings. The third-order valence-corrected chi connectivity index (χ3v) is 5.34. The minimum Gasteiger partial charge on any atom is -0.497 e. The van der Waals surface area contributed by atoms with Gasteiger partial charge in [0.05, 0.1) is 19.6 Å². The van der Waals surface area contributed by atoms with Crippen molar-refractivity contribution in [1.82, 2.24) is 10.2 Å². The van der Waals surface area contributed by atoms with Crippen molar-refractivity contribution >= 4 is 11.8 Å². The van der Waals surface area contributed by atoms with Crippen molar-refractivity contribution in [3.05, 3.63) is 59.7 Å². The van der Waals surface area contributed by atoms with E-state index in [4.69, 9.17) is 9.47 Å². The van der Waals surface area contributed by atoms with Crippen LogP contribution in [0, 0.1) is 11.8 Å². The Labute approximate surface area is 184 Å². The summed E-state index contributed by atoms with van der Waals surface area (Å²) in [5.41, 5.74) is 2.16. The maximum absolute atomic E-state index is 12.5. The van der Waals surface area contributed by atoms with Gasteiger partial charge < -0.3 is 19.7 Å². The summed E-state index contributed by atoms with van der Waals surface area (Å²) in [6.45, 7) is 6.45. The highest BCUT2D eigenvalue weighted by atomic mass is 16.5. The quantitative estimate of drug-likeness (QED) is 0.635. The molecule has 0 spiro atoms. The van der Waals surface area contributed by atoms with E-state index in [0.717, 1.165) is 29.0 Å². The van der Waals surface area contributed by atoms with Crippen LogP contribution in [-0.2, 0) is 22.6 Å². The van der Waals surface area contributed by atoms with E-state index in [0.29, 0.717) is 32.2 Å². The highest BCUT2D eigenvalue weighted by molar-refractivity contribution is 5.89. The second-order valence-electron chi connectivity index (χ2n) is 8.41. The first-order valence-electron chi connectivity index (χ1n) is 10.8. The van der Waals surface area contributed by atoms with E-state index in [1.165, 1.54) is 0 Å². The normalized spacial score (nSPS) is 15.9. The summed E-state index contributed by atoms with van der Waals surface area (Å²) in [6, 6.07) is 15.6. The SMILES string of the molecule is COc1ccc(CN2CC(C(=O)NCCc3ccc(OCC(C)C)cc3)CC2=O)cc1. The Hall–Kier alpha value is -3.02. The first kappa shape index (κ1) is 22.7. The van der Waals surface area contributed by atoms with E-state index < -0.39 is 0 Å². The van der Waals surface area contributed by atoms with E-state index >= 15 is 0 Å². The van der Waals surface area contributed by atoms with Gasteiger partial charge in [0.25, 0.3) is 0 Å². The predicted octanol–water partition coefficient (Wildman–Crippen LogP) is 3.44. The minimum atomic E-state index is -0.294. The topological polar surface area (TPSA) is 67.9 Å². The lowest BCUT2D eigenvalue weighted by atomic mass is 10.1. The summed E-state index contributed by atoms with van der Waals surface area (Å²) in [6.07, 6.45) is 1.01. The largest absolute Gasteiger partial charge is 0.497 e. The zero-order valence-corrected chi connectivity index (χ0v) is 18.6. The number of hydrogen-bond donors (Lipinski definition) is 1. The van der Waals surface area contributed by atoms with Gasteiger partial charge in [-0.3, -0.25) is 9.59 Å². The molecule has 0 saturated carbocycles. The van der Waals surface area contributed by atoms with Crippen LogP contribution in [0.5, 0.6) is 11.5 Å². The molecular weight excluding hydrogens is 392 g/mol. The average Bonchev–Trinajstić information content (AvgIpc) is 3.14. The van der Waals surface area contributed by atoms with Crippen LogP contribution >= 0.6 is 0 Å². The van der Waals surface area contributed by atoms with Crippen LogP contribution in [0.3, 0.4) is 0 Å². The number of nitrogens with zero attached hydrogens (tertiary/aromatic N) is 1. The minimum absolute atomic E-state index is 0.0213. The fourth-order valence-electron chi connectivity index (χ4n) is 3.54. The van der Waals surface area contributed by atoms with Gasteiger partial charge in [-0.25, -0.2) is 0 Å². The van der Waals surface area contributed by atoms with Crippen LogP contribution in [0.1, 0.15) is 31.4 Å². The Morgan fingerprint density at radius 3 is 2.35 bits per heavy atom. The molecule has 0 bridgehead atoms. The second-order valence-corrected chi connectivity index (χ2v) is 8.41. The molecule has 1 atom stereocenters. The van der Waals surface area contributed by atoms with Gasteiger partial charge in [-0.05, 0) is 47.7 Å². The van der Waals surface area contributed by atoms with Crippen LogP contribution in [0.4, 0.5) is 0 Å². The molecule has 166 valence electrons. The Morgan fingerprint density at radius 1 is 1.06 bits per heavy atom.